The molecule has 0 bridgehead atoms. The van der Waals surface area contributed by atoms with Gasteiger partial charge < -0.3 is 5.73 Å². The average Bonchev–Trinajstić information content (AvgIpc) is 2.26. The number of nitrogens with zero attached hydrogens (tertiary/aromatic N) is 2. The highest BCUT2D eigenvalue weighted by Gasteiger charge is 2.19. The first-order valence-corrected chi connectivity index (χ1v) is 5.79. The van der Waals surface area contributed by atoms with E-state index in [0.717, 1.165) is 17.1 Å². The average molecular weight is 205 g/mol. The second kappa shape index (κ2) is 4.17. The van der Waals surface area contributed by atoms with Gasteiger partial charge in [-0.25, -0.2) is 9.97 Å². The molecule has 1 heterocycles. The van der Waals surface area contributed by atoms with Crippen LogP contribution in [0, 0.1) is 13.8 Å². The van der Waals surface area contributed by atoms with E-state index in [1.807, 2.05) is 13.8 Å². The second-order valence-electron chi connectivity index (χ2n) is 4.51. The molecule has 0 amide bonds. The molecule has 15 heavy (non-hydrogen) atoms. The predicted octanol–water partition coefficient (Wildman–Crippen LogP) is 2.72. The molecule has 3 nitrogen and oxygen atoms in total. The van der Waals surface area contributed by atoms with Crippen molar-refractivity contribution in [2.24, 2.45) is 0 Å². The number of nitrogens with two attached hydrogens (primary N) is 1. The number of hydrogen-bond acceptors (Lipinski definition) is 3. The summed E-state index contributed by atoms with van der Waals surface area (Å²) >= 11 is 0. The van der Waals surface area contributed by atoms with E-state index in [-0.39, 0.29) is 0 Å². The van der Waals surface area contributed by atoms with Gasteiger partial charge in [-0.3, -0.25) is 0 Å². The Kier molecular flexibility index (Phi) is 2.89. The molecule has 0 aromatic carbocycles. The Morgan fingerprint density at radius 2 is 1.73 bits per heavy atom. The fourth-order valence-electron chi connectivity index (χ4n) is 2.22. The van der Waals surface area contributed by atoms with Crippen LogP contribution in [0.25, 0.3) is 0 Å². The van der Waals surface area contributed by atoms with Crippen LogP contribution in [0.5, 0.6) is 0 Å². The standard InChI is InChI=1S/C12H19N3/c1-8-9(2)14-12(15-11(8)13)10-6-4-3-5-7-10/h10H,3-7H2,1-2H3,(H2,13,14,15). The molecule has 0 aliphatic heterocycles. The van der Waals surface area contributed by atoms with Crippen molar-refractivity contribution in [3.8, 4) is 0 Å². The van der Waals surface area contributed by atoms with Gasteiger partial charge in [0, 0.05) is 17.2 Å². The van der Waals surface area contributed by atoms with Crippen molar-refractivity contribution in [3.63, 3.8) is 0 Å². The van der Waals surface area contributed by atoms with Gasteiger partial charge in [0.2, 0.25) is 0 Å². The fourth-order valence-corrected chi connectivity index (χ4v) is 2.22. The molecular formula is C12H19N3. The minimum absolute atomic E-state index is 0.542. The molecule has 2 rings (SSSR count). The summed E-state index contributed by atoms with van der Waals surface area (Å²) in [5, 5.41) is 0. The number of aromatic nitrogens is 2. The lowest BCUT2D eigenvalue weighted by atomic mass is 9.88. The molecule has 1 fully saturated rings. The van der Waals surface area contributed by atoms with Crippen molar-refractivity contribution in [2.45, 2.75) is 51.9 Å². The third-order valence-electron chi connectivity index (χ3n) is 3.41. The Morgan fingerprint density at radius 3 is 2.33 bits per heavy atom. The van der Waals surface area contributed by atoms with E-state index in [0.29, 0.717) is 11.7 Å². The Hall–Kier alpha value is -1.12. The van der Waals surface area contributed by atoms with Crippen LogP contribution in [0.4, 0.5) is 5.82 Å². The molecule has 1 aromatic heterocycles. The van der Waals surface area contributed by atoms with E-state index in [9.17, 15) is 0 Å². The maximum absolute atomic E-state index is 5.88. The van der Waals surface area contributed by atoms with Gasteiger partial charge >= 0.3 is 0 Å². The minimum Gasteiger partial charge on any atom is -0.383 e. The molecule has 1 aliphatic rings. The van der Waals surface area contributed by atoms with Gasteiger partial charge in [-0.2, -0.15) is 0 Å². The molecule has 0 atom stereocenters. The predicted molar refractivity (Wildman–Crippen MR) is 61.7 cm³/mol. The molecule has 1 aromatic rings. The molecule has 3 heteroatoms. The zero-order valence-electron chi connectivity index (χ0n) is 9.58. The molecule has 0 radical (unpaired) electrons. The smallest absolute Gasteiger partial charge is 0.134 e. The first kappa shape index (κ1) is 10.4. The monoisotopic (exact) mass is 205 g/mol. The van der Waals surface area contributed by atoms with E-state index in [1.54, 1.807) is 0 Å². The Bertz CT molecular complexity index is 331. The largest absolute Gasteiger partial charge is 0.383 e. The summed E-state index contributed by atoms with van der Waals surface area (Å²) in [7, 11) is 0. The summed E-state index contributed by atoms with van der Waals surface area (Å²) in [6.07, 6.45) is 6.42. The molecule has 2 N–H and O–H groups in total. The maximum Gasteiger partial charge on any atom is 0.134 e. The van der Waals surface area contributed by atoms with Gasteiger partial charge in [0.25, 0.3) is 0 Å². The highest BCUT2D eigenvalue weighted by atomic mass is 15.0. The summed E-state index contributed by atoms with van der Waals surface area (Å²) in [6, 6.07) is 0. The van der Waals surface area contributed by atoms with Crippen LogP contribution >= 0.6 is 0 Å². The van der Waals surface area contributed by atoms with Crippen LogP contribution < -0.4 is 5.73 Å². The molecule has 1 aliphatic carbocycles. The van der Waals surface area contributed by atoms with Crippen LogP contribution in [0.2, 0.25) is 0 Å². The first-order chi connectivity index (χ1) is 7.18. The molecule has 0 unspecified atom stereocenters. The van der Waals surface area contributed by atoms with Crippen molar-refractivity contribution in [2.75, 3.05) is 5.73 Å². The topological polar surface area (TPSA) is 51.8 Å². The lowest BCUT2D eigenvalue weighted by Crippen LogP contribution is -2.12. The van der Waals surface area contributed by atoms with E-state index < -0.39 is 0 Å². The van der Waals surface area contributed by atoms with E-state index in [1.165, 1.54) is 32.1 Å². The zero-order valence-corrected chi connectivity index (χ0v) is 9.58. The number of hydrogen-bond donors (Lipinski definition) is 1. The molecule has 82 valence electrons. The van der Waals surface area contributed by atoms with Crippen molar-refractivity contribution < 1.29 is 0 Å². The van der Waals surface area contributed by atoms with Crippen LogP contribution in [0.15, 0.2) is 0 Å². The Labute approximate surface area is 91.1 Å². The van der Waals surface area contributed by atoms with Crippen molar-refractivity contribution in [3.05, 3.63) is 17.1 Å². The summed E-state index contributed by atoms with van der Waals surface area (Å²) in [5.41, 5.74) is 7.93. The number of nitrogen functional groups attached to an aromatic ring is 1. The highest BCUT2D eigenvalue weighted by Crippen LogP contribution is 2.31. The summed E-state index contributed by atoms with van der Waals surface area (Å²) in [5.74, 6) is 2.17. The Balaban J connectivity index is 2.27. The fraction of sp³-hybridized carbons (Fsp3) is 0.667. The maximum atomic E-state index is 5.88. The molecule has 0 spiro atoms. The van der Waals surface area contributed by atoms with Crippen molar-refractivity contribution in [1.29, 1.82) is 0 Å². The number of aryl methyl sites for hydroxylation is 1. The van der Waals surface area contributed by atoms with Gasteiger partial charge in [-0.15, -0.1) is 0 Å². The van der Waals surface area contributed by atoms with E-state index in [4.69, 9.17) is 5.73 Å². The van der Waals surface area contributed by atoms with Gasteiger partial charge in [0.1, 0.15) is 11.6 Å². The third-order valence-corrected chi connectivity index (χ3v) is 3.41. The molecule has 1 saturated carbocycles. The first-order valence-electron chi connectivity index (χ1n) is 5.79. The lowest BCUT2D eigenvalue weighted by molar-refractivity contribution is 0.428. The normalized spacial score (nSPS) is 18.0. The lowest BCUT2D eigenvalue weighted by Gasteiger charge is -2.21. The van der Waals surface area contributed by atoms with Crippen LogP contribution in [0.3, 0.4) is 0 Å². The number of rotatable bonds is 1. The Morgan fingerprint density at radius 1 is 1.07 bits per heavy atom. The SMILES string of the molecule is Cc1nc(C2CCCCC2)nc(N)c1C. The van der Waals surface area contributed by atoms with E-state index in [2.05, 4.69) is 9.97 Å². The van der Waals surface area contributed by atoms with Gasteiger partial charge in [-0.05, 0) is 26.7 Å². The zero-order chi connectivity index (χ0) is 10.8. The molecule has 0 saturated heterocycles. The minimum atomic E-state index is 0.542. The van der Waals surface area contributed by atoms with Crippen molar-refractivity contribution in [1.82, 2.24) is 9.97 Å². The van der Waals surface area contributed by atoms with Gasteiger partial charge in [-0.1, -0.05) is 19.3 Å². The van der Waals surface area contributed by atoms with Crippen LogP contribution in [0.1, 0.15) is 55.1 Å². The highest BCUT2D eigenvalue weighted by molar-refractivity contribution is 5.40. The van der Waals surface area contributed by atoms with Crippen LogP contribution in [-0.4, -0.2) is 9.97 Å². The number of anilines is 1. The van der Waals surface area contributed by atoms with Gasteiger partial charge in [0.05, 0.1) is 0 Å². The summed E-state index contributed by atoms with van der Waals surface area (Å²) in [4.78, 5) is 8.99. The molecular weight excluding hydrogens is 186 g/mol. The van der Waals surface area contributed by atoms with Crippen LogP contribution in [-0.2, 0) is 0 Å². The summed E-state index contributed by atoms with van der Waals surface area (Å²) in [6.45, 7) is 4.00. The summed E-state index contributed by atoms with van der Waals surface area (Å²) < 4.78 is 0. The van der Waals surface area contributed by atoms with Gasteiger partial charge in [0.15, 0.2) is 0 Å². The van der Waals surface area contributed by atoms with Crippen molar-refractivity contribution >= 4 is 5.82 Å². The van der Waals surface area contributed by atoms with E-state index >= 15 is 0 Å². The third kappa shape index (κ3) is 2.11. The quantitative estimate of drug-likeness (QED) is 0.767. The second-order valence-corrected chi connectivity index (χ2v) is 4.51.